The molecule has 120 valence electrons. The van der Waals surface area contributed by atoms with E-state index in [-0.39, 0.29) is 5.78 Å². The Hall–Kier alpha value is -3.46. The smallest absolute Gasteiger partial charge is 0.231 e. The van der Waals surface area contributed by atoms with E-state index in [9.17, 15) is 4.79 Å². The zero-order chi connectivity index (χ0) is 17.1. The summed E-state index contributed by atoms with van der Waals surface area (Å²) in [6.45, 7) is 0. The number of carbonyl (C=O) groups excluding carboxylic acids is 1. The summed E-state index contributed by atoms with van der Waals surface area (Å²) in [7, 11) is 0. The molecule has 0 radical (unpaired) electrons. The summed E-state index contributed by atoms with van der Waals surface area (Å²) >= 11 is 0. The van der Waals surface area contributed by atoms with Crippen molar-refractivity contribution in [2.75, 3.05) is 0 Å². The number of hydrogen-bond donors (Lipinski definition) is 0. The molecular formula is C22H15NO2. The minimum absolute atomic E-state index is 0.115. The molecule has 0 fully saturated rings. The number of allylic oxidation sites excluding steroid dienone is 1. The third-order valence-corrected chi connectivity index (χ3v) is 3.92. The highest BCUT2D eigenvalue weighted by Gasteiger charge is 2.19. The molecule has 0 aliphatic carbocycles. The molecule has 0 atom stereocenters. The maximum absolute atomic E-state index is 13.1. The Morgan fingerprint density at radius 2 is 1.44 bits per heavy atom. The molecule has 3 aromatic carbocycles. The van der Waals surface area contributed by atoms with E-state index in [0.29, 0.717) is 22.6 Å². The highest BCUT2D eigenvalue weighted by molar-refractivity contribution is 6.31. The molecule has 0 bridgehead atoms. The molecular weight excluding hydrogens is 310 g/mol. The number of nitrogens with zero attached hydrogens (tertiary/aromatic N) is 1. The van der Waals surface area contributed by atoms with Gasteiger partial charge in [-0.05, 0) is 23.8 Å². The van der Waals surface area contributed by atoms with Crippen LogP contribution in [0.1, 0.15) is 21.8 Å². The Morgan fingerprint density at radius 3 is 2.16 bits per heavy atom. The third-order valence-electron chi connectivity index (χ3n) is 3.92. The molecule has 0 unspecified atom stereocenters. The monoisotopic (exact) mass is 325 g/mol. The van der Waals surface area contributed by atoms with Gasteiger partial charge in [-0.15, -0.1) is 0 Å². The van der Waals surface area contributed by atoms with Crippen LogP contribution in [-0.2, 0) is 0 Å². The molecule has 3 heteroatoms. The minimum atomic E-state index is -0.115. The number of rotatable bonds is 4. The van der Waals surface area contributed by atoms with Crippen LogP contribution in [0.5, 0.6) is 0 Å². The summed E-state index contributed by atoms with van der Waals surface area (Å²) in [5.41, 5.74) is 3.36. The Labute approximate surface area is 145 Å². The number of oxazole rings is 1. The van der Waals surface area contributed by atoms with Gasteiger partial charge in [-0.1, -0.05) is 72.8 Å². The van der Waals surface area contributed by atoms with Crippen LogP contribution in [0.2, 0.25) is 0 Å². The molecule has 0 spiro atoms. The van der Waals surface area contributed by atoms with E-state index in [1.165, 1.54) is 0 Å². The number of ketones is 1. The second kappa shape index (κ2) is 6.57. The average Bonchev–Trinajstić information content (AvgIpc) is 3.11. The molecule has 0 saturated heterocycles. The Morgan fingerprint density at radius 1 is 0.800 bits per heavy atom. The number of para-hydroxylation sites is 2. The van der Waals surface area contributed by atoms with Crippen molar-refractivity contribution >= 4 is 28.5 Å². The second-order valence-electron chi connectivity index (χ2n) is 5.65. The summed E-state index contributed by atoms with van der Waals surface area (Å²) < 4.78 is 5.84. The van der Waals surface area contributed by atoms with Crippen LogP contribution >= 0.6 is 0 Å². The molecule has 25 heavy (non-hydrogen) atoms. The molecule has 4 aromatic rings. The molecule has 0 saturated carbocycles. The van der Waals surface area contributed by atoms with Crippen molar-refractivity contribution in [1.29, 1.82) is 0 Å². The highest BCUT2D eigenvalue weighted by Crippen LogP contribution is 2.26. The van der Waals surface area contributed by atoms with Gasteiger partial charge in [0.15, 0.2) is 11.4 Å². The van der Waals surface area contributed by atoms with Crippen molar-refractivity contribution in [2.24, 2.45) is 0 Å². The SMILES string of the molecule is O=C(C(=Cc1ccccc1)c1nc2ccccc2o1)c1ccccc1. The number of aromatic nitrogens is 1. The number of carbonyl (C=O) groups is 1. The van der Waals surface area contributed by atoms with E-state index < -0.39 is 0 Å². The zero-order valence-corrected chi connectivity index (χ0v) is 13.4. The van der Waals surface area contributed by atoms with Crippen molar-refractivity contribution in [1.82, 2.24) is 4.98 Å². The van der Waals surface area contributed by atoms with E-state index in [0.717, 1.165) is 11.1 Å². The standard InChI is InChI=1S/C22H15NO2/c24-21(17-11-5-2-6-12-17)18(15-16-9-3-1-4-10-16)22-23-19-13-7-8-14-20(19)25-22/h1-15H. The lowest BCUT2D eigenvalue weighted by Crippen LogP contribution is -2.03. The number of hydrogen-bond acceptors (Lipinski definition) is 3. The summed E-state index contributed by atoms with van der Waals surface area (Å²) in [5.74, 6) is 0.218. The molecule has 0 aliphatic heterocycles. The lowest BCUT2D eigenvalue weighted by Gasteiger charge is -2.04. The first kappa shape index (κ1) is 15.1. The molecule has 1 heterocycles. The van der Waals surface area contributed by atoms with Gasteiger partial charge in [-0.2, -0.15) is 0 Å². The Kier molecular flexibility index (Phi) is 3.97. The van der Waals surface area contributed by atoms with E-state index in [2.05, 4.69) is 4.98 Å². The number of fused-ring (bicyclic) bond motifs is 1. The fraction of sp³-hybridized carbons (Fsp3) is 0. The Balaban J connectivity index is 1.86. The average molecular weight is 325 g/mol. The lowest BCUT2D eigenvalue weighted by molar-refractivity contribution is 0.105. The van der Waals surface area contributed by atoms with E-state index in [1.54, 1.807) is 12.1 Å². The number of benzene rings is 3. The summed E-state index contributed by atoms with van der Waals surface area (Å²) in [4.78, 5) is 17.6. The van der Waals surface area contributed by atoms with Gasteiger partial charge in [-0.25, -0.2) is 4.98 Å². The van der Waals surface area contributed by atoms with Crippen molar-refractivity contribution in [2.45, 2.75) is 0 Å². The van der Waals surface area contributed by atoms with Crippen LogP contribution in [-0.4, -0.2) is 10.8 Å². The first-order chi connectivity index (χ1) is 12.3. The molecule has 3 nitrogen and oxygen atoms in total. The molecule has 0 N–H and O–H groups in total. The van der Waals surface area contributed by atoms with Crippen LogP contribution in [0, 0.1) is 0 Å². The first-order valence-electron chi connectivity index (χ1n) is 8.04. The van der Waals surface area contributed by atoms with Crippen molar-refractivity contribution < 1.29 is 9.21 Å². The summed E-state index contributed by atoms with van der Waals surface area (Å²) in [5, 5.41) is 0. The summed E-state index contributed by atoms with van der Waals surface area (Å²) in [6, 6.07) is 26.4. The lowest BCUT2D eigenvalue weighted by atomic mass is 10.0. The third kappa shape index (κ3) is 3.12. The highest BCUT2D eigenvalue weighted by atomic mass is 16.3. The van der Waals surface area contributed by atoms with Crippen LogP contribution in [0.25, 0.3) is 22.7 Å². The quantitative estimate of drug-likeness (QED) is 0.380. The predicted octanol–water partition coefficient (Wildman–Crippen LogP) is 5.25. The minimum Gasteiger partial charge on any atom is -0.436 e. The van der Waals surface area contributed by atoms with Crippen LogP contribution < -0.4 is 0 Å². The Bertz CT molecular complexity index is 1010. The van der Waals surface area contributed by atoms with Gasteiger partial charge in [0.1, 0.15) is 5.52 Å². The molecule has 1 aromatic heterocycles. The van der Waals surface area contributed by atoms with Gasteiger partial charge in [0, 0.05) is 5.56 Å². The van der Waals surface area contributed by atoms with Gasteiger partial charge in [0.05, 0.1) is 5.57 Å². The van der Waals surface area contributed by atoms with Crippen molar-refractivity contribution in [3.63, 3.8) is 0 Å². The predicted molar refractivity (Wildman–Crippen MR) is 99.1 cm³/mol. The van der Waals surface area contributed by atoms with Crippen LogP contribution in [0.15, 0.2) is 89.3 Å². The molecule has 4 rings (SSSR count). The van der Waals surface area contributed by atoms with Crippen LogP contribution in [0.3, 0.4) is 0 Å². The van der Waals surface area contributed by atoms with Gasteiger partial charge in [0.25, 0.3) is 0 Å². The van der Waals surface area contributed by atoms with E-state index in [4.69, 9.17) is 4.42 Å². The van der Waals surface area contributed by atoms with Crippen molar-refractivity contribution in [3.05, 3.63) is 102 Å². The molecule has 0 aliphatic rings. The van der Waals surface area contributed by atoms with Crippen molar-refractivity contribution in [3.8, 4) is 0 Å². The van der Waals surface area contributed by atoms with Gasteiger partial charge >= 0.3 is 0 Å². The maximum Gasteiger partial charge on any atom is 0.231 e. The van der Waals surface area contributed by atoms with Gasteiger partial charge < -0.3 is 4.42 Å². The number of Topliss-reactive ketones (excluding diaryl/α,β-unsaturated/α-hetero) is 1. The largest absolute Gasteiger partial charge is 0.436 e. The topological polar surface area (TPSA) is 43.1 Å². The fourth-order valence-electron chi connectivity index (χ4n) is 2.67. The van der Waals surface area contributed by atoms with E-state index in [1.807, 2.05) is 78.9 Å². The van der Waals surface area contributed by atoms with Gasteiger partial charge in [-0.3, -0.25) is 4.79 Å². The summed E-state index contributed by atoms with van der Waals surface area (Å²) in [6.07, 6.45) is 1.82. The van der Waals surface area contributed by atoms with E-state index >= 15 is 0 Å². The normalized spacial score (nSPS) is 11.6. The van der Waals surface area contributed by atoms with Crippen LogP contribution in [0.4, 0.5) is 0 Å². The maximum atomic E-state index is 13.1. The zero-order valence-electron chi connectivity index (χ0n) is 13.4. The second-order valence-corrected chi connectivity index (χ2v) is 5.65. The van der Waals surface area contributed by atoms with Gasteiger partial charge in [0.2, 0.25) is 5.89 Å². The fourth-order valence-corrected chi connectivity index (χ4v) is 2.67. The molecule has 0 amide bonds. The first-order valence-corrected chi connectivity index (χ1v) is 8.04.